The van der Waals surface area contributed by atoms with E-state index in [1.54, 1.807) is 16.0 Å². The van der Waals surface area contributed by atoms with Gasteiger partial charge in [0.15, 0.2) is 0 Å². The van der Waals surface area contributed by atoms with Crippen molar-refractivity contribution >= 4 is 12.0 Å². The van der Waals surface area contributed by atoms with Crippen LogP contribution in [0.15, 0.2) is 11.8 Å². The molecular weight excluding hydrogens is 324 g/mol. The lowest BCUT2D eigenvalue weighted by atomic mass is 10.2. The number of amides is 2. The lowest BCUT2D eigenvalue weighted by molar-refractivity contribution is -0.130. The van der Waals surface area contributed by atoms with Gasteiger partial charge in [-0.25, -0.2) is 4.79 Å². The first-order valence-corrected chi connectivity index (χ1v) is 8.51. The van der Waals surface area contributed by atoms with Gasteiger partial charge in [0.1, 0.15) is 17.2 Å². The van der Waals surface area contributed by atoms with Crippen LogP contribution in [0, 0.1) is 11.3 Å². The van der Waals surface area contributed by atoms with Crippen molar-refractivity contribution in [2.75, 3.05) is 52.5 Å². The third kappa shape index (κ3) is 5.64. The molecule has 0 bridgehead atoms. The van der Waals surface area contributed by atoms with Crippen LogP contribution in [0.2, 0.25) is 0 Å². The molecule has 2 amide bonds. The SMILES string of the molecule is CC(C)(C)OC(=O)N1CCN(/C=C(/C#N)C(=O)N2CCOCC2)CC1. The van der Waals surface area contributed by atoms with E-state index < -0.39 is 5.60 Å². The molecule has 25 heavy (non-hydrogen) atoms. The molecule has 2 aliphatic rings. The van der Waals surface area contributed by atoms with Crippen LogP contribution in [0.25, 0.3) is 0 Å². The number of nitrogens with zero attached hydrogens (tertiary/aromatic N) is 4. The molecule has 2 fully saturated rings. The van der Waals surface area contributed by atoms with Gasteiger partial charge in [0, 0.05) is 45.5 Å². The second-order valence-corrected chi connectivity index (χ2v) is 7.06. The number of ether oxygens (including phenoxy) is 2. The minimum absolute atomic E-state index is 0.118. The van der Waals surface area contributed by atoms with E-state index in [0.29, 0.717) is 52.5 Å². The first-order valence-electron chi connectivity index (χ1n) is 8.51. The number of hydrogen-bond acceptors (Lipinski definition) is 6. The normalized spacial score (nSPS) is 19.4. The van der Waals surface area contributed by atoms with E-state index in [-0.39, 0.29) is 17.6 Å². The number of piperazine rings is 1. The molecule has 0 unspecified atom stereocenters. The Kier molecular flexibility index (Phi) is 6.26. The molecular formula is C17H26N4O4. The van der Waals surface area contributed by atoms with Crippen molar-refractivity contribution in [3.63, 3.8) is 0 Å². The van der Waals surface area contributed by atoms with Crippen LogP contribution in [0.1, 0.15) is 20.8 Å². The van der Waals surface area contributed by atoms with E-state index >= 15 is 0 Å². The molecule has 0 spiro atoms. The molecule has 138 valence electrons. The average Bonchev–Trinajstić information content (AvgIpc) is 2.59. The molecule has 0 aromatic rings. The van der Waals surface area contributed by atoms with Gasteiger partial charge in [-0.3, -0.25) is 4.79 Å². The summed E-state index contributed by atoms with van der Waals surface area (Å²) in [6.45, 7) is 9.61. The highest BCUT2D eigenvalue weighted by molar-refractivity contribution is 5.97. The third-order valence-electron chi connectivity index (χ3n) is 3.93. The molecule has 2 aliphatic heterocycles. The Morgan fingerprint density at radius 1 is 1.04 bits per heavy atom. The largest absolute Gasteiger partial charge is 0.444 e. The maximum Gasteiger partial charge on any atom is 0.410 e. The minimum Gasteiger partial charge on any atom is -0.444 e. The number of carbonyl (C=O) groups excluding carboxylic acids is 2. The number of morpholine rings is 1. The zero-order valence-corrected chi connectivity index (χ0v) is 15.2. The lowest BCUT2D eigenvalue weighted by Gasteiger charge is -2.35. The van der Waals surface area contributed by atoms with Crippen LogP contribution >= 0.6 is 0 Å². The highest BCUT2D eigenvalue weighted by atomic mass is 16.6. The Morgan fingerprint density at radius 3 is 2.16 bits per heavy atom. The molecule has 0 aliphatic carbocycles. The fourth-order valence-corrected chi connectivity index (χ4v) is 2.61. The van der Waals surface area contributed by atoms with Gasteiger partial charge in [-0.05, 0) is 20.8 Å². The average molecular weight is 350 g/mol. The van der Waals surface area contributed by atoms with Gasteiger partial charge in [0.2, 0.25) is 0 Å². The maximum absolute atomic E-state index is 12.4. The van der Waals surface area contributed by atoms with Crippen molar-refractivity contribution in [3.8, 4) is 6.07 Å². The van der Waals surface area contributed by atoms with Crippen LogP contribution in [-0.2, 0) is 14.3 Å². The summed E-state index contributed by atoms with van der Waals surface area (Å²) in [4.78, 5) is 29.6. The quantitative estimate of drug-likeness (QED) is 0.541. The highest BCUT2D eigenvalue weighted by Crippen LogP contribution is 2.13. The molecule has 8 heteroatoms. The molecule has 8 nitrogen and oxygen atoms in total. The number of hydrogen-bond donors (Lipinski definition) is 0. The third-order valence-corrected chi connectivity index (χ3v) is 3.93. The summed E-state index contributed by atoms with van der Waals surface area (Å²) in [5, 5.41) is 9.32. The van der Waals surface area contributed by atoms with E-state index in [2.05, 4.69) is 0 Å². The highest BCUT2D eigenvalue weighted by Gasteiger charge is 2.26. The summed E-state index contributed by atoms with van der Waals surface area (Å²) in [6, 6.07) is 1.99. The molecule has 2 heterocycles. The minimum atomic E-state index is -0.521. The van der Waals surface area contributed by atoms with Crippen LogP contribution in [0.4, 0.5) is 4.79 Å². The van der Waals surface area contributed by atoms with Crippen molar-refractivity contribution in [1.29, 1.82) is 5.26 Å². The second kappa shape index (κ2) is 8.21. The number of rotatable bonds is 2. The molecule has 2 saturated heterocycles. The van der Waals surface area contributed by atoms with Gasteiger partial charge in [-0.2, -0.15) is 5.26 Å². The van der Waals surface area contributed by atoms with Crippen molar-refractivity contribution < 1.29 is 19.1 Å². The number of carbonyl (C=O) groups is 2. The van der Waals surface area contributed by atoms with Gasteiger partial charge in [-0.15, -0.1) is 0 Å². The lowest BCUT2D eigenvalue weighted by Crippen LogP contribution is -2.48. The van der Waals surface area contributed by atoms with Gasteiger partial charge < -0.3 is 24.2 Å². The van der Waals surface area contributed by atoms with E-state index in [1.807, 2.05) is 31.7 Å². The van der Waals surface area contributed by atoms with E-state index in [1.165, 1.54) is 0 Å². The topological polar surface area (TPSA) is 86.1 Å². The van der Waals surface area contributed by atoms with Crippen molar-refractivity contribution in [2.24, 2.45) is 0 Å². The monoisotopic (exact) mass is 350 g/mol. The first-order chi connectivity index (χ1) is 11.8. The standard InChI is InChI=1S/C17H26N4O4/c1-17(2,3)25-16(23)21-6-4-19(5-7-21)13-14(12-18)15(22)20-8-10-24-11-9-20/h13H,4-11H2,1-3H3/b14-13-. The molecule has 0 atom stereocenters. The van der Waals surface area contributed by atoms with E-state index in [0.717, 1.165) is 0 Å². The number of nitriles is 1. The Labute approximate surface area is 148 Å². The first kappa shape index (κ1) is 19.1. The van der Waals surface area contributed by atoms with Gasteiger partial charge in [0.25, 0.3) is 5.91 Å². The predicted molar refractivity (Wildman–Crippen MR) is 90.5 cm³/mol. The summed E-state index contributed by atoms with van der Waals surface area (Å²) in [5.41, 5.74) is -0.403. The molecule has 0 N–H and O–H groups in total. The summed E-state index contributed by atoms with van der Waals surface area (Å²) >= 11 is 0. The van der Waals surface area contributed by atoms with Gasteiger partial charge in [-0.1, -0.05) is 0 Å². The molecule has 2 rings (SSSR count). The van der Waals surface area contributed by atoms with Crippen molar-refractivity contribution in [1.82, 2.24) is 14.7 Å². The Balaban J connectivity index is 1.90. The molecule has 0 aromatic carbocycles. The molecule has 0 radical (unpaired) electrons. The summed E-state index contributed by atoms with van der Waals surface area (Å²) in [7, 11) is 0. The van der Waals surface area contributed by atoms with Crippen LogP contribution in [-0.4, -0.2) is 84.8 Å². The summed E-state index contributed by atoms with van der Waals surface area (Å²) in [5.74, 6) is -0.264. The van der Waals surface area contributed by atoms with Crippen LogP contribution in [0.3, 0.4) is 0 Å². The zero-order valence-electron chi connectivity index (χ0n) is 15.2. The fourth-order valence-electron chi connectivity index (χ4n) is 2.61. The van der Waals surface area contributed by atoms with Crippen LogP contribution in [0.5, 0.6) is 0 Å². The Morgan fingerprint density at radius 2 is 1.64 bits per heavy atom. The van der Waals surface area contributed by atoms with Crippen molar-refractivity contribution in [3.05, 3.63) is 11.8 Å². The van der Waals surface area contributed by atoms with Crippen LogP contribution < -0.4 is 0 Å². The van der Waals surface area contributed by atoms with E-state index in [9.17, 15) is 14.9 Å². The molecule has 0 aromatic heterocycles. The zero-order chi connectivity index (χ0) is 18.4. The summed E-state index contributed by atoms with van der Waals surface area (Å²) < 4.78 is 10.6. The Hall–Kier alpha value is -2.27. The molecule has 0 saturated carbocycles. The second-order valence-electron chi connectivity index (χ2n) is 7.06. The predicted octanol–water partition coefficient (Wildman–Crippen LogP) is 0.805. The fraction of sp³-hybridized carbons (Fsp3) is 0.706. The van der Waals surface area contributed by atoms with Crippen molar-refractivity contribution in [2.45, 2.75) is 26.4 Å². The Bertz CT molecular complexity index is 562. The summed E-state index contributed by atoms with van der Waals surface area (Å²) in [6.07, 6.45) is 1.27. The smallest absolute Gasteiger partial charge is 0.410 e. The van der Waals surface area contributed by atoms with E-state index in [4.69, 9.17) is 9.47 Å². The maximum atomic E-state index is 12.4. The van der Waals surface area contributed by atoms with Gasteiger partial charge in [0.05, 0.1) is 13.2 Å². The van der Waals surface area contributed by atoms with Gasteiger partial charge >= 0.3 is 6.09 Å².